The first-order valence-electron chi connectivity index (χ1n) is 31.4. The smallest absolute Gasteiger partial charge is 0.306 e. The van der Waals surface area contributed by atoms with Crippen LogP contribution in [0.4, 0.5) is 0 Å². The number of hydrogen-bond acceptors (Lipinski definition) is 6. The van der Waals surface area contributed by atoms with E-state index in [1.807, 2.05) is 0 Å². The van der Waals surface area contributed by atoms with Crippen molar-refractivity contribution in [2.45, 2.75) is 297 Å². The van der Waals surface area contributed by atoms with Crippen molar-refractivity contribution in [1.82, 2.24) is 0 Å². The number of unbranched alkanes of at least 4 members (excludes halogenated alkanes) is 27. The largest absolute Gasteiger partial charge is 0.462 e. The highest BCUT2D eigenvalue weighted by atomic mass is 16.6. The summed E-state index contributed by atoms with van der Waals surface area (Å²) in [6.45, 7) is 6.39. The van der Waals surface area contributed by atoms with Gasteiger partial charge >= 0.3 is 17.9 Å². The summed E-state index contributed by atoms with van der Waals surface area (Å²) in [5.41, 5.74) is 0. The van der Waals surface area contributed by atoms with E-state index in [0.29, 0.717) is 19.3 Å². The van der Waals surface area contributed by atoms with E-state index in [4.69, 9.17) is 14.2 Å². The molecule has 1 unspecified atom stereocenters. The molecule has 6 heteroatoms. The van der Waals surface area contributed by atoms with Crippen LogP contribution in [0.25, 0.3) is 0 Å². The first-order chi connectivity index (χ1) is 37.0. The molecule has 0 saturated carbocycles. The Morgan fingerprint density at radius 3 is 0.813 bits per heavy atom. The van der Waals surface area contributed by atoms with E-state index in [2.05, 4.69) is 130 Å². The minimum atomic E-state index is -0.789. The van der Waals surface area contributed by atoms with E-state index in [0.717, 1.165) is 128 Å². The van der Waals surface area contributed by atoms with Crippen molar-refractivity contribution in [1.29, 1.82) is 0 Å². The van der Waals surface area contributed by atoms with Crippen LogP contribution < -0.4 is 0 Å². The summed E-state index contributed by atoms with van der Waals surface area (Å²) in [6.07, 6.45) is 85.4. The third-order valence-electron chi connectivity index (χ3n) is 13.3. The Balaban J connectivity index is 4.16. The summed E-state index contributed by atoms with van der Waals surface area (Å²) in [6, 6.07) is 0. The second-order valence-electron chi connectivity index (χ2n) is 20.6. The molecule has 0 aliphatic rings. The van der Waals surface area contributed by atoms with Crippen LogP contribution in [0.2, 0.25) is 0 Å². The van der Waals surface area contributed by atoms with E-state index in [-0.39, 0.29) is 31.1 Å². The third-order valence-corrected chi connectivity index (χ3v) is 13.3. The van der Waals surface area contributed by atoms with Crippen molar-refractivity contribution in [3.63, 3.8) is 0 Å². The van der Waals surface area contributed by atoms with Gasteiger partial charge < -0.3 is 14.2 Å². The molecule has 0 aromatic carbocycles. The van der Waals surface area contributed by atoms with Crippen LogP contribution in [0.3, 0.4) is 0 Å². The van der Waals surface area contributed by atoms with Gasteiger partial charge in [0.2, 0.25) is 0 Å². The van der Waals surface area contributed by atoms with Gasteiger partial charge in [-0.3, -0.25) is 14.4 Å². The second-order valence-corrected chi connectivity index (χ2v) is 20.6. The van der Waals surface area contributed by atoms with Crippen LogP contribution in [0.15, 0.2) is 109 Å². The number of esters is 3. The first kappa shape index (κ1) is 71.1. The van der Waals surface area contributed by atoms with Crippen LogP contribution in [0.1, 0.15) is 290 Å². The average molecular weight is 1040 g/mol. The second kappa shape index (κ2) is 62.6. The van der Waals surface area contributed by atoms with Gasteiger partial charge in [0.15, 0.2) is 6.10 Å². The van der Waals surface area contributed by atoms with E-state index in [1.54, 1.807) is 0 Å². The van der Waals surface area contributed by atoms with Crippen LogP contribution in [0.5, 0.6) is 0 Å². The first-order valence-corrected chi connectivity index (χ1v) is 31.4. The molecule has 0 fully saturated rings. The molecule has 0 bridgehead atoms. The van der Waals surface area contributed by atoms with E-state index in [9.17, 15) is 14.4 Å². The maximum absolute atomic E-state index is 12.8. The van der Waals surface area contributed by atoms with Gasteiger partial charge in [-0.05, 0) is 103 Å². The van der Waals surface area contributed by atoms with Crippen molar-refractivity contribution in [2.24, 2.45) is 0 Å². The molecule has 0 saturated heterocycles. The Morgan fingerprint density at radius 2 is 0.520 bits per heavy atom. The van der Waals surface area contributed by atoms with Crippen LogP contribution in [0, 0.1) is 0 Å². The predicted octanol–water partition coefficient (Wildman–Crippen LogP) is 21.4. The van der Waals surface area contributed by atoms with Gasteiger partial charge in [-0.25, -0.2) is 0 Å². The summed E-state index contributed by atoms with van der Waals surface area (Å²) in [5.74, 6) is -0.907. The van der Waals surface area contributed by atoms with Crippen molar-refractivity contribution in [3.8, 4) is 0 Å². The van der Waals surface area contributed by atoms with Crippen LogP contribution in [-0.4, -0.2) is 37.2 Å². The van der Waals surface area contributed by atoms with Crippen molar-refractivity contribution >= 4 is 17.9 Å². The monoisotopic (exact) mass is 1040 g/mol. The highest BCUT2D eigenvalue weighted by Crippen LogP contribution is 2.16. The molecule has 0 N–H and O–H groups in total. The molecular formula is C69H116O6. The summed E-state index contributed by atoms with van der Waals surface area (Å²) in [4.78, 5) is 38.1. The fraction of sp³-hybridized carbons (Fsp3) is 0.696. The summed E-state index contributed by atoms with van der Waals surface area (Å²) < 4.78 is 16.8. The lowest BCUT2D eigenvalue weighted by molar-refractivity contribution is -0.167. The zero-order valence-electron chi connectivity index (χ0n) is 49.0. The molecule has 0 heterocycles. The summed E-state index contributed by atoms with van der Waals surface area (Å²) >= 11 is 0. The lowest BCUT2D eigenvalue weighted by Crippen LogP contribution is -2.30. The number of hydrogen-bond donors (Lipinski definition) is 0. The minimum absolute atomic E-state index is 0.0857. The fourth-order valence-corrected chi connectivity index (χ4v) is 8.64. The lowest BCUT2D eigenvalue weighted by Gasteiger charge is -2.18. The number of ether oxygens (including phenoxy) is 3. The molecule has 0 amide bonds. The Morgan fingerprint density at radius 1 is 0.280 bits per heavy atom. The molecule has 0 aromatic rings. The topological polar surface area (TPSA) is 78.9 Å². The van der Waals surface area contributed by atoms with E-state index in [1.165, 1.54) is 122 Å². The van der Waals surface area contributed by atoms with Crippen LogP contribution in [-0.2, 0) is 28.6 Å². The molecule has 75 heavy (non-hydrogen) atoms. The number of carbonyl (C=O) groups is 3. The Hall–Kier alpha value is -3.93. The van der Waals surface area contributed by atoms with E-state index >= 15 is 0 Å². The van der Waals surface area contributed by atoms with E-state index < -0.39 is 6.10 Å². The quantitative estimate of drug-likeness (QED) is 0.0261. The van der Waals surface area contributed by atoms with Gasteiger partial charge in [-0.1, -0.05) is 278 Å². The maximum atomic E-state index is 12.8. The van der Waals surface area contributed by atoms with Crippen LogP contribution >= 0.6 is 0 Å². The van der Waals surface area contributed by atoms with Gasteiger partial charge in [0.05, 0.1) is 0 Å². The maximum Gasteiger partial charge on any atom is 0.306 e. The fourth-order valence-electron chi connectivity index (χ4n) is 8.64. The molecule has 0 radical (unpaired) electrons. The summed E-state index contributed by atoms with van der Waals surface area (Å²) in [7, 11) is 0. The van der Waals surface area contributed by atoms with Gasteiger partial charge in [-0.15, -0.1) is 0 Å². The van der Waals surface area contributed by atoms with Crippen molar-refractivity contribution in [2.75, 3.05) is 13.2 Å². The Labute approximate surface area is 463 Å². The molecule has 0 rings (SSSR count). The highest BCUT2D eigenvalue weighted by Gasteiger charge is 2.19. The molecule has 1 atom stereocenters. The minimum Gasteiger partial charge on any atom is -0.462 e. The number of carbonyl (C=O) groups excluding carboxylic acids is 3. The highest BCUT2D eigenvalue weighted by molar-refractivity contribution is 5.71. The molecular weight excluding hydrogens is 925 g/mol. The Bertz CT molecular complexity index is 1520. The zero-order valence-corrected chi connectivity index (χ0v) is 49.0. The third kappa shape index (κ3) is 60.8. The number of rotatable bonds is 56. The normalized spacial score (nSPS) is 12.8. The summed E-state index contributed by atoms with van der Waals surface area (Å²) in [5, 5.41) is 0. The zero-order chi connectivity index (χ0) is 54.3. The molecule has 6 nitrogen and oxygen atoms in total. The van der Waals surface area contributed by atoms with Crippen molar-refractivity contribution in [3.05, 3.63) is 109 Å². The van der Waals surface area contributed by atoms with Gasteiger partial charge in [0.25, 0.3) is 0 Å². The molecule has 0 aliphatic heterocycles. The van der Waals surface area contributed by atoms with Gasteiger partial charge in [-0.2, -0.15) is 0 Å². The van der Waals surface area contributed by atoms with Gasteiger partial charge in [0.1, 0.15) is 13.2 Å². The average Bonchev–Trinajstić information content (AvgIpc) is 3.41. The molecule has 428 valence electrons. The number of allylic oxidation sites excluding steroid dienone is 18. The Kier molecular flexibility index (Phi) is 59.3. The predicted molar refractivity (Wildman–Crippen MR) is 325 cm³/mol. The van der Waals surface area contributed by atoms with Crippen molar-refractivity contribution < 1.29 is 28.6 Å². The molecule has 0 aliphatic carbocycles. The molecule has 0 aromatic heterocycles. The lowest BCUT2D eigenvalue weighted by atomic mass is 10.0. The molecule has 0 spiro atoms. The standard InChI is InChI=1S/C69H116O6/c1-4-7-10-13-16-19-21-23-25-27-28-29-30-31-32-33-34-35-36-37-38-39-40-42-43-45-47-50-53-56-59-62-68(71)74-65-66(64-73-67(70)61-58-55-52-49-18-15-12-9-6-3)75-69(72)63-60-57-54-51-48-46-44-41-26-24-22-20-17-14-11-8-5-2/h7-8,10-11,16-17,19-20,23-26,28-29,31-32,44,46,66H,4-6,9,12-15,18,21-22,27,30,33-43,45,47-65H2,1-3H3/b10-7-,11-8-,19-16-,20-17-,25-23-,26-24-,29-28-,32-31-,46-44-. The van der Waals surface area contributed by atoms with Gasteiger partial charge in [0, 0.05) is 19.3 Å². The SMILES string of the molecule is CC/C=C\C/C=C\C/C=C\C/C=C\C/C=C\CCCCCCCCCCCCCCCCCC(=O)OCC(COC(=O)CCCCCCCCCCC)OC(=O)CCCCCC/C=C\C/C=C\C/C=C\C/C=C\CC.